The molecule has 0 fully saturated rings. The van der Waals surface area contributed by atoms with E-state index in [4.69, 9.17) is 4.74 Å². The van der Waals surface area contributed by atoms with Gasteiger partial charge in [-0.05, 0) is 38.5 Å². The van der Waals surface area contributed by atoms with Crippen LogP contribution in [0.1, 0.15) is 52.4 Å². The van der Waals surface area contributed by atoms with Gasteiger partial charge in [-0.25, -0.2) is 4.79 Å². The highest BCUT2D eigenvalue weighted by Gasteiger charge is 2.14. The Kier molecular flexibility index (Phi) is 8.55. The molecule has 0 aromatic carbocycles. The standard InChI is InChI=1S/C16H28N2O3/c1-13(2)15(19)17-11-8-12-18-16(20)21-14-9-6-4-3-5-7-10-14/h3-4,13-14H,5-12H2,1-2H3,(H,17,19)(H,18,20)/b4-3+. The molecule has 0 bridgehead atoms. The van der Waals surface area contributed by atoms with Crippen LogP contribution in [0.25, 0.3) is 0 Å². The van der Waals surface area contributed by atoms with Crippen molar-refractivity contribution in [2.45, 2.75) is 58.5 Å². The molecule has 0 saturated carbocycles. The monoisotopic (exact) mass is 296 g/mol. The van der Waals surface area contributed by atoms with Gasteiger partial charge in [0.2, 0.25) is 5.91 Å². The van der Waals surface area contributed by atoms with E-state index in [1.54, 1.807) is 0 Å². The summed E-state index contributed by atoms with van der Waals surface area (Å²) in [6, 6.07) is 0. The number of carbonyl (C=O) groups is 2. The van der Waals surface area contributed by atoms with E-state index < -0.39 is 0 Å². The lowest BCUT2D eigenvalue weighted by molar-refractivity contribution is -0.123. The van der Waals surface area contributed by atoms with Gasteiger partial charge in [-0.2, -0.15) is 0 Å². The van der Waals surface area contributed by atoms with Gasteiger partial charge in [0.1, 0.15) is 6.10 Å². The predicted molar refractivity (Wildman–Crippen MR) is 83.0 cm³/mol. The van der Waals surface area contributed by atoms with Crippen LogP contribution < -0.4 is 10.6 Å². The van der Waals surface area contributed by atoms with Crippen molar-refractivity contribution in [3.63, 3.8) is 0 Å². The summed E-state index contributed by atoms with van der Waals surface area (Å²) in [7, 11) is 0. The first-order chi connectivity index (χ1) is 10.1. The van der Waals surface area contributed by atoms with Gasteiger partial charge in [0, 0.05) is 19.0 Å². The number of rotatable bonds is 6. The smallest absolute Gasteiger partial charge is 0.407 e. The van der Waals surface area contributed by atoms with Crippen LogP contribution in [0.3, 0.4) is 0 Å². The zero-order chi connectivity index (χ0) is 15.5. The summed E-state index contributed by atoms with van der Waals surface area (Å²) >= 11 is 0. The van der Waals surface area contributed by atoms with Crippen molar-refractivity contribution in [3.05, 3.63) is 12.2 Å². The van der Waals surface area contributed by atoms with Crippen molar-refractivity contribution >= 4 is 12.0 Å². The maximum atomic E-state index is 11.7. The third-order valence-electron chi connectivity index (χ3n) is 3.44. The number of hydrogen-bond donors (Lipinski definition) is 2. The van der Waals surface area contributed by atoms with E-state index >= 15 is 0 Å². The van der Waals surface area contributed by atoms with E-state index in [2.05, 4.69) is 22.8 Å². The molecule has 0 heterocycles. The molecule has 1 rings (SSSR count). The summed E-state index contributed by atoms with van der Waals surface area (Å²) in [5, 5.41) is 5.55. The second kappa shape index (κ2) is 10.2. The molecule has 0 saturated heterocycles. The number of alkyl carbamates (subject to hydrolysis) is 1. The zero-order valence-corrected chi connectivity index (χ0v) is 13.2. The van der Waals surface area contributed by atoms with Crippen LogP contribution in [0, 0.1) is 5.92 Å². The van der Waals surface area contributed by atoms with Crippen molar-refractivity contribution in [1.29, 1.82) is 0 Å². The van der Waals surface area contributed by atoms with Crippen LogP contribution in [-0.2, 0) is 9.53 Å². The molecular formula is C16H28N2O3. The molecule has 1 unspecified atom stereocenters. The third kappa shape index (κ3) is 8.38. The summed E-state index contributed by atoms with van der Waals surface area (Å²) in [6.45, 7) is 4.81. The van der Waals surface area contributed by atoms with E-state index in [1.165, 1.54) is 0 Å². The molecule has 1 atom stereocenters. The van der Waals surface area contributed by atoms with Crippen LogP contribution in [0.15, 0.2) is 12.2 Å². The van der Waals surface area contributed by atoms with Crippen molar-refractivity contribution in [3.8, 4) is 0 Å². The van der Waals surface area contributed by atoms with Gasteiger partial charge in [-0.1, -0.05) is 26.0 Å². The Morgan fingerprint density at radius 2 is 1.86 bits per heavy atom. The van der Waals surface area contributed by atoms with Gasteiger partial charge in [-0.3, -0.25) is 4.79 Å². The first-order valence-electron chi connectivity index (χ1n) is 7.96. The topological polar surface area (TPSA) is 67.4 Å². The molecule has 0 aromatic rings. The molecule has 0 aliphatic heterocycles. The van der Waals surface area contributed by atoms with Gasteiger partial charge in [0.25, 0.3) is 0 Å². The second-order valence-corrected chi connectivity index (χ2v) is 5.73. The SMILES string of the molecule is CC(C)C(=O)NCCCNC(=O)OC1CC/C=C/CCC1. The Balaban J connectivity index is 2.08. The largest absolute Gasteiger partial charge is 0.446 e. The minimum atomic E-state index is -0.347. The number of hydrogen-bond acceptors (Lipinski definition) is 3. The maximum Gasteiger partial charge on any atom is 0.407 e. The summed E-state index contributed by atoms with van der Waals surface area (Å²) in [5.41, 5.74) is 0. The molecule has 0 radical (unpaired) electrons. The van der Waals surface area contributed by atoms with E-state index in [0.29, 0.717) is 19.5 Å². The lowest BCUT2D eigenvalue weighted by Gasteiger charge is -2.18. The molecule has 1 aliphatic carbocycles. The molecule has 0 aromatic heterocycles. The quantitative estimate of drug-likeness (QED) is 0.585. The van der Waals surface area contributed by atoms with Crippen molar-refractivity contribution < 1.29 is 14.3 Å². The van der Waals surface area contributed by atoms with E-state index in [9.17, 15) is 9.59 Å². The van der Waals surface area contributed by atoms with E-state index in [0.717, 1.165) is 32.1 Å². The average molecular weight is 296 g/mol. The highest BCUT2D eigenvalue weighted by Crippen LogP contribution is 2.15. The number of carbonyl (C=O) groups excluding carboxylic acids is 2. The van der Waals surface area contributed by atoms with Gasteiger partial charge >= 0.3 is 6.09 Å². The fourth-order valence-electron chi connectivity index (χ4n) is 2.13. The second-order valence-electron chi connectivity index (χ2n) is 5.73. The van der Waals surface area contributed by atoms with E-state index in [1.807, 2.05) is 13.8 Å². The number of nitrogens with one attached hydrogen (secondary N) is 2. The molecule has 0 spiro atoms. The van der Waals surface area contributed by atoms with Crippen LogP contribution >= 0.6 is 0 Å². The first-order valence-corrected chi connectivity index (χ1v) is 7.96. The van der Waals surface area contributed by atoms with E-state index in [-0.39, 0.29) is 24.0 Å². The van der Waals surface area contributed by atoms with Crippen molar-refractivity contribution in [2.75, 3.05) is 13.1 Å². The van der Waals surface area contributed by atoms with Crippen molar-refractivity contribution in [2.24, 2.45) is 5.92 Å². The molecule has 2 N–H and O–H groups in total. The van der Waals surface area contributed by atoms with Crippen molar-refractivity contribution in [1.82, 2.24) is 10.6 Å². The van der Waals surface area contributed by atoms with Crippen LogP contribution in [0.4, 0.5) is 4.79 Å². The number of allylic oxidation sites excluding steroid dienone is 2. The summed E-state index contributed by atoms with van der Waals surface area (Å²) < 4.78 is 5.42. The van der Waals surface area contributed by atoms with Gasteiger partial charge in [0.05, 0.1) is 0 Å². The van der Waals surface area contributed by atoms with Gasteiger partial charge < -0.3 is 15.4 Å². The molecule has 5 nitrogen and oxygen atoms in total. The number of amides is 2. The third-order valence-corrected chi connectivity index (χ3v) is 3.44. The van der Waals surface area contributed by atoms with Gasteiger partial charge in [-0.15, -0.1) is 0 Å². The Bertz CT molecular complexity index is 353. The Morgan fingerprint density at radius 3 is 2.62 bits per heavy atom. The zero-order valence-electron chi connectivity index (χ0n) is 13.2. The van der Waals surface area contributed by atoms with Crippen LogP contribution in [-0.4, -0.2) is 31.2 Å². The minimum absolute atomic E-state index is 0.00343. The fraction of sp³-hybridized carbons (Fsp3) is 0.750. The highest BCUT2D eigenvalue weighted by molar-refractivity contribution is 5.77. The maximum absolute atomic E-state index is 11.7. The number of ether oxygens (including phenoxy) is 1. The molecular weight excluding hydrogens is 268 g/mol. The summed E-state index contributed by atoms with van der Waals surface area (Å²) in [5.74, 6) is 0.0384. The van der Waals surface area contributed by atoms with Crippen LogP contribution in [0.2, 0.25) is 0 Å². The molecule has 5 heteroatoms. The molecule has 21 heavy (non-hydrogen) atoms. The molecule has 2 amide bonds. The Hall–Kier alpha value is -1.52. The Morgan fingerprint density at radius 1 is 1.14 bits per heavy atom. The molecule has 1 aliphatic rings. The summed E-state index contributed by atoms with van der Waals surface area (Å²) in [6.07, 6.45) is 9.67. The average Bonchev–Trinajstić information content (AvgIpc) is 2.41. The Labute approximate surface area is 127 Å². The van der Waals surface area contributed by atoms with Crippen LogP contribution in [0.5, 0.6) is 0 Å². The summed E-state index contributed by atoms with van der Waals surface area (Å²) in [4.78, 5) is 23.0. The molecule has 120 valence electrons. The predicted octanol–water partition coefficient (Wildman–Crippen LogP) is 2.76. The normalized spacial score (nSPS) is 20.2. The first kappa shape index (κ1) is 17.5. The fourth-order valence-corrected chi connectivity index (χ4v) is 2.13. The highest BCUT2D eigenvalue weighted by atomic mass is 16.6. The van der Waals surface area contributed by atoms with Gasteiger partial charge in [0.15, 0.2) is 0 Å². The lowest BCUT2D eigenvalue weighted by atomic mass is 10.0. The minimum Gasteiger partial charge on any atom is -0.446 e. The lowest BCUT2D eigenvalue weighted by Crippen LogP contribution is -2.33.